The van der Waals surface area contributed by atoms with Crippen molar-refractivity contribution < 1.29 is 80.2 Å². The van der Waals surface area contributed by atoms with E-state index in [-0.39, 0.29) is 25.7 Å². The van der Waals surface area contributed by atoms with E-state index in [2.05, 4.69) is 58.9 Å². The van der Waals surface area contributed by atoms with Crippen molar-refractivity contribution in [3.05, 3.63) is 24.3 Å². The maximum Gasteiger partial charge on any atom is 0.472 e. The topological polar surface area (TPSA) is 237 Å². The van der Waals surface area contributed by atoms with Gasteiger partial charge in [-0.05, 0) is 57.3 Å². The maximum absolute atomic E-state index is 13.0. The molecule has 0 fully saturated rings. The van der Waals surface area contributed by atoms with Crippen LogP contribution in [0.15, 0.2) is 24.3 Å². The fourth-order valence-corrected chi connectivity index (χ4v) is 12.0. The van der Waals surface area contributed by atoms with Crippen LogP contribution in [0.4, 0.5) is 0 Å². The fourth-order valence-electron chi connectivity index (χ4n) is 10.4. The molecule has 0 rings (SSSR count). The van der Waals surface area contributed by atoms with Crippen molar-refractivity contribution in [2.45, 2.75) is 368 Å². The minimum absolute atomic E-state index is 0.101. The zero-order chi connectivity index (χ0) is 67.0. The lowest BCUT2D eigenvalue weighted by atomic mass is 9.99. The first kappa shape index (κ1) is 88.5. The number of aliphatic hydroxyl groups is 1. The predicted molar refractivity (Wildman–Crippen MR) is 368 cm³/mol. The van der Waals surface area contributed by atoms with Crippen LogP contribution >= 0.6 is 15.6 Å². The lowest BCUT2D eigenvalue weighted by Gasteiger charge is -2.21. The first-order chi connectivity index (χ1) is 44.1. The highest BCUT2D eigenvalue weighted by atomic mass is 31.2. The second-order valence-corrected chi connectivity index (χ2v) is 28.4. The van der Waals surface area contributed by atoms with Crippen molar-refractivity contribution >= 4 is 39.5 Å². The van der Waals surface area contributed by atoms with E-state index >= 15 is 0 Å². The van der Waals surface area contributed by atoms with Gasteiger partial charge in [0, 0.05) is 25.7 Å². The highest BCUT2D eigenvalue weighted by molar-refractivity contribution is 7.47. The van der Waals surface area contributed by atoms with Crippen LogP contribution < -0.4 is 0 Å². The Morgan fingerprint density at radius 2 is 0.615 bits per heavy atom. The number of allylic oxidation sites excluding steroid dienone is 4. The van der Waals surface area contributed by atoms with E-state index in [1.165, 1.54) is 148 Å². The molecule has 0 radical (unpaired) electrons. The molecule has 91 heavy (non-hydrogen) atoms. The molecule has 0 amide bonds. The molecule has 0 aliphatic carbocycles. The molecule has 6 atom stereocenters. The summed E-state index contributed by atoms with van der Waals surface area (Å²) in [6.45, 7) is 7.16. The van der Waals surface area contributed by atoms with Gasteiger partial charge in [0.15, 0.2) is 12.2 Å². The molecule has 0 aromatic rings. The average Bonchev–Trinajstić information content (AvgIpc) is 3.73. The number of unbranched alkanes of at least 4 members (excludes halogenated alkanes) is 38. The van der Waals surface area contributed by atoms with E-state index in [0.29, 0.717) is 25.7 Å². The van der Waals surface area contributed by atoms with Crippen LogP contribution in [-0.2, 0) is 65.4 Å². The Kier molecular flexibility index (Phi) is 63.1. The number of phosphoric acid groups is 2. The van der Waals surface area contributed by atoms with Crippen LogP contribution in [0.25, 0.3) is 0 Å². The number of phosphoric ester groups is 2. The summed E-state index contributed by atoms with van der Waals surface area (Å²) in [5.74, 6) is -1.32. The molecule has 0 spiro atoms. The Hall–Kier alpha value is -2.46. The second-order valence-electron chi connectivity index (χ2n) is 25.5. The van der Waals surface area contributed by atoms with Crippen molar-refractivity contribution in [2.75, 3.05) is 39.6 Å². The number of ether oxygens (including phenoxy) is 4. The van der Waals surface area contributed by atoms with Crippen molar-refractivity contribution in [3.8, 4) is 0 Å². The number of carbonyl (C=O) groups excluding carboxylic acids is 4. The number of esters is 4. The van der Waals surface area contributed by atoms with Crippen molar-refractivity contribution in [2.24, 2.45) is 5.92 Å². The van der Waals surface area contributed by atoms with Gasteiger partial charge in [-0.3, -0.25) is 37.3 Å². The van der Waals surface area contributed by atoms with Crippen LogP contribution in [0.3, 0.4) is 0 Å². The summed E-state index contributed by atoms with van der Waals surface area (Å²) < 4.78 is 68.1. The van der Waals surface area contributed by atoms with Gasteiger partial charge in [-0.1, -0.05) is 296 Å². The summed E-state index contributed by atoms with van der Waals surface area (Å²) in [6, 6.07) is 0. The van der Waals surface area contributed by atoms with E-state index < -0.39 is 97.5 Å². The molecule has 0 saturated heterocycles. The van der Waals surface area contributed by atoms with E-state index in [0.717, 1.165) is 121 Å². The molecule has 0 aliphatic heterocycles. The summed E-state index contributed by atoms with van der Waals surface area (Å²) in [4.78, 5) is 72.3. The van der Waals surface area contributed by atoms with E-state index in [1.807, 2.05) is 0 Å². The molecule has 0 aromatic carbocycles. The van der Waals surface area contributed by atoms with Crippen LogP contribution in [0.2, 0.25) is 0 Å². The molecule has 0 aliphatic rings. The third-order valence-electron chi connectivity index (χ3n) is 16.5. The standard InChI is InChI=1S/C72H136O17P2/c1-6-10-13-16-18-20-22-24-25-30-33-37-41-46-51-56-70(75)83-62-68(89-72(77)58-53-48-43-39-35-31-27-26-29-32-36-40-45-49-54-65(5)9-4)64-87-91(80,81)85-60-66(73)59-84-90(78,79)86-63-67(61-82-69(74)55-50-44-15-12-8-3)88-71(76)57-52-47-42-38-34-28-23-21-19-17-14-11-7-2/h20,22,24-25,65-68,73H,6-19,21,23,26-64H2,1-5H3,(H,78,79)(H,80,81)/b22-20-,25-24-/t65?,66-,67+,68+/m0/s1. The third-order valence-corrected chi connectivity index (χ3v) is 18.4. The molecule has 0 saturated carbocycles. The largest absolute Gasteiger partial charge is 0.472 e. The quantitative estimate of drug-likeness (QED) is 0.0169. The smallest absolute Gasteiger partial charge is 0.462 e. The minimum Gasteiger partial charge on any atom is -0.462 e. The maximum atomic E-state index is 13.0. The first-order valence-electron chi connectivity index (χ1n) is 37.0. The Morgan fingerprint density at radius 3 is 0.934 bits per heavy atom. The van der Waals surface area contributed by atoms with Crippen molar-refractivity contribution in [1.82, 2.24) is 0 Å². The molecule has 3 N–H and O–H groups in total. The molecule has 0 aromatic heterocycles. The van der Waals surface area contributed by atoms with Gasteiger partial charge in [0.05, 0.1) is 26.4 Å². The van der Waals surface area contributed by atoms with Crippen molar-refractivity contribution in [3.63, 3.8) is 0 Å². The number of hydrogen-bond acceptors (Lipinski definition) is 15. The van der Waals surface area contributed by atoms with Gasteiger partial charge in [-0.25, -0.2) is 9.13 Å². The predicted octanol–water partition coefficient (Wildman–Crippen LogP) is 20.5. The third kappa shape index (κ3) is 64.6. The summed E-state index contributed by atoms with van der Waals surface area (Å²) in [5.41, 5.74) is 0. The van der Waals surface area contributed by atoms with Crippen molar-refractivity contribution in [1.29, 1.82) is 0 Å². The molecular weight excluding hydrogens is 1200 g/mol. The van der Waals surface area contributed by atoms with E-state index in [4.69, 9.17) is 37.0 Å². The average molecular weight is 1340 g/mol. The number of rotatable bonds is 70. The fraction of sp³-hybridized carbons (Fsp3) is 0.889. The van der Waals surface area contributed by atoms with Gasteiger partial charge in [-0.15, -0.1) is 0 Å². The lowest BCUT2D eigenvalue weighted by Crippen LogP contribution is -2.30. The molecule has 0 heterocycles. The Morgan fingerprint density at radius 1 is 0.352 bits per heavy atom. The van der Waals surface area contributed by atoms with E-state index in [9.17, 15) is 43.2 Å². The Balaban J connectivity index is 5.19. The number of carbonyl (C=O) groups is 4. The molecular formula is C72H136O17P2. The van der Waals surface area contributed by atoms with Gasteiger partial charge in [-0.2, -0.15) is 0 Å². The summed E-state index contributed by atoms with van der Waals surface area (Å²) >= 11 is 0. The molecule has 536 valence electrons. The Labute approximate surface area is 554 Å². The molecule has 19 heteroatoms. The van der Waals surface area contributed by atoms with Crippen LogP contribution in [0, 0.1) is 5.92 Å². The van der Waals surface area contributed by atoms with Crippen LogP contribution in [0.1, 0.15) is 349 Å². The number of hydrogen-bond donors (Lipinski definition) is 3. The zero-order valence-electron chi connectivity index (χ0n) is 58.5. The number of aliphatic hydroxyl groups excluding tert-OH is 1. The minimum atomic E-state index is -4.96. The highest BCUT2D eigenvalue weighted by Gasteiger charge is 2.30. The van der Waals surface area contributed by atoms with Gasteiger partial charge in [0.2, 0.25) is 0 Å². The van der Waals surface area contributed by atoms with Crippen LogP contribution in [-0.4, -0.2) is 96.7 Å². The van der Waals surface area contributed by atoms with E-state index in [1.54, 1.807) is 0 Å². The summed E-state index contributed by atoms with van der Waals surface area (Å²) in [5, 5.41) is 10.6. The van der Waals surface area contributed by atoms with Crippen LogP contribution in [0.5, 0.6) is 0 Å². The summed E-state index contributed by atoms with van der Waals surface area (Å²) in [6.07, 6.45) is 55.2. The second kappa shape index (κ2) is 64.9. The first-order valence-corrected chi connectivity index (χ1v) is 40.0. The van der Waals surface area contributed by atoms with Gasteiger partial charge < -0.3 is 33.8 Å². The van der Waals surface area contributed by atoms with Gasteiger partial charge in [0.25, 0.3) is 0 Å². The molecule has 17 nitrogen and oxygen atoms in total. The molecule has 0 bridgehead atoms. The highest BCUT2D eigenvalue weighted by Crippen LogP contribution is 2.45. The van der Waals surface area contributed by atoms with Gasteiger partial charge in [0.1, 0.15) is 19.3 Å². The zero-order valence-corrected chi connectivity index (χ0v) is 60.3. The summed E-state index contributed by atoms with van der Waals surface area (Å²) in [7, 11) is -9.90. The Bertz CT molecular complexity index is 1850. The van der Waals surface area contributed by atoms with Gasteiger partial charge >= 0.3 is 39.5 Å². The molecule has 3 unspecified atom stereocenters. The SMILES string of the molecule is CCCCCC/C=C\C=C/CCCCCCCC(=O)OC[C@H](COP(=O)(O)OC[C@@H](O)COP(=O)(O)OC[C@@H](COC(=O)CCCCCCC)OC(=O)CCCCCCCCCCCCCCC)OC(=O)CCCCCCCCCCCCCCCCC(C)CC. The monoisotopic (exact) mass is 1330 g/mol. The normalized spacial score (nSPS) is 14.5. The lowest BCUT2D eigenvalue weighted by molar-refractivity contribution is -0.161.